The van der Waals surface area contributed by atoms with E-state index < -0.39 is 0 Å². The number of para-hydroxylation sites is 8. The lowest BCUT2D eigenvalue weighted by atomic mass is 9.81. The Bertz CT molecular complexity index is 10300. The van der Waals surface area contributed by atoms with Crippen molar-refractivity contribution in [2.24, 2.45) is 0 Å². The molecule has 0 spiro atoms. The Hall–Kier alpha value is -18.2. The smallest absolute Gasteiger partial charge is 0.162 e. The van der Waals surface area contributed by atoms with Gasteiger partial charge in [0.2, 0.25) is 0 Å². The van der Waals surface area contributed by atoms with E-state index in [1.54, 1.807) is 0 Å². The van der Waals surface area contributed by atoms with Gasteiger partial charge in [-0.2, -0.15) is 0 Å². The lowest BCUT2D eigenvalue weighted by Gasteiger charge is -2.24. The molecule has 0 amide bonds. The van der Waals surface area contributed by atoms with Crippen LogP contribution in [0.15, 0.2) is 449 Å². The highest BCUT2D eigenvalue weighted by molar-refractivity contribution is 7.26. The summed E-state index contributed by atoms with van der Waals surface area (Å²) >= 11 is 1.86. The van der Waals surface area contributed by atoms with E-state index in [9.17, 15) is 0 Å². The first-order valence-electron chi connectivity index (χ1n) is 51.6. The van der Waals surface area contributed by atoms with Gasteiger partial charge >= 0.3 is 0 Å². The minimum atomic E-state index is -0.249. The highest BCUT2D eigenvalue weighted by atomic mass is 32.1. The molecule has 0 N–H and O–H groups in total. The average Bonchev–Trinajstić information content (AvgIpc) is 1.54. The van der Waals surface area contributed by atoms with Crippen molar-refractivity contribution < 1.29 is 0 Å². The maximum absolute atomic E-state index is 5.52. The molecule has 0 saturated heterocycles. The summed E-state index contributed by atoms with van der Waals surface area (Å²) in [5.41, 5.74) is 41.7. The van der Waals surface area contributed by atoms with Crippen molar-refractivity contribution in [2.75, 3.05) is 0 Å². The lowest BCUT2D eigenvalue weighted by molar-refractivity contribution is 0.657. The predicted molar refractivity (Wildman–Crippen MR) is 619 cm³/mol. The zero-order valence-electron chi connectivity index (χ0n) is 83.6. The number of nitrogens with zero attached hydrogens (tertiary/aromatic N) is 10. The second-order valence-corrected chi connectivity index (χ2v) is 43.2. The van der Waals surface area contributed by atoms with Crippen LogP contribution in [0, 0.1) is 0 Å². The average molecular weight is 1930 g/mol. The first-order chi connectivity index (χ1) is 73.0. The summed E-state index contributed by atoms with van der Waals surface area (Å²) < 4.78 is 12.4. The van der Waals surface area contributed by atoms with Crippen molar-refractivity contribution in [3.8, 4) is 136 Å². The Balaban J connectivity index is 0.000000105. The van der Waals surface area contributed by atoms with E-state index in [-0.39, 0.29) is 21.7 Å². The number of benzene rings is 19. The van der Waals surface area contributed by atoms with Gasteiger partial charge in [-0.05, 0) is 124 Å². The molecule has 19 aromatic carbocycles. The normalized spacial score (nSPS) is 13.9. The molecule has 0 unspecified atom stereocenters. The summed E-state index contributed by atoms with van der Waals surface area (Å²) in [4.78, 5) is 32.9. The highest BCUT2D eigenvalue weighted by Crippen LogP contribution is 2.59. The van der Waals surface area contributed by atoms with E-state index in [2.05, 4.69) is 523 Å². The van der Waals surface area contributed by atoms with Crippen LogP contribution in [-0.2, 0) is 21.7 Å². The summed E-state index contributed by atoms with van der Waals surface area (Å²) in [5, 5.41) is 12.5. The molecule has 4 aliphatic carbocycles. The van der Waals surface area contributed by atoms with E-state index >= 15 is 0 Å². The Morgan fingerprint density at radius 3 is 0.919 bits per heavy atom. The Labute approximate surface area is 866 Å². The molecule has 27 aromatic rings. The van der Waals surface area contributed by atoms with E-state index in [0.29, 0.717) is 0 Å². The summed E-state index contributed by atoms with van der Waals surface area (Å²) in [6, 6.07) is 161. The lowest BCUT2D eigenvalue weighted by Crippen LogP contribution is -2.17. The summed E-state index contributed by atoms with van der Waals surface area (Å²) in [6.45, 7) is 18.5. The molecular formula is C138H98N10S. The Kier molecular flexibility index (Phi) is 19.5. The van der Waals surface area contributed by atoms with Crippen LogP contribution in [0.5, 0.6) is 0 Å². The van der Waals surface area contributed by atoms with Gasteiger partial charge in [-0.3, -0.25) is 0 Å². The van der Waals surface area contributed by atoms with Gasteiger partial charge in [-0.15, -0.1) is 11.3 Å². The maximum Gasteiger partial charge on any atom is 0.162 e. The van der Waals surface area contributed by atoms with E-state index in [1.165, 1.54) is 174 Å². The minimum absolute atomic E-state index is 0.102. The number of rotatable bonds is 10. The third kappa shape index (κ3) is 12.9. The third-order valence-corrected chi connectivity index (χ3v) is 33.6. The van der Waals surface area contributed by atoms with Crippen molar-refractivity contribution in [1.29, 1.82) is 0 Å². The molecule has 0 aliphatic heterocycles. The monoisotopic (exact) mass is 1930 g/mol. The largest absolute Gasteiger partial charge is 0.309 e. The van der Waals surface area contributed by atoms with Crippen molar-refractivity contribution in [2.45, 2.75) is 77.0 Å². The van der Waals surface area contributed by atoms with Gasteiger partial charge < -0.3 is 18.3 Å². The van der Waals surface area contributed by atoms with Crippen molar-refractivity contribution in [3.63, 3.8) is 0 Å². The molecule has 0 bridgehead atoms. The van der Waals surface area contributed by atoms with Gasteiger partial charge in [0.1, 0.15) is 0 Å². The Morgan fingerprint density at radius 2 is 0.490 bits per heavy atom. The standard InChI is InChI=1S/C49H34N4.C46H35N3.C43H29N3S/c1-49(2)38-25-13-9-22-35(38)46-44(49)45(31-17-5-3-6-18-31)50-48(51-46)37-24-12-16-28-41(37)53-39-26-14-10-21-33(39)34-29-30-42-43(47(34)53)36-23-11-15-27-40(36)52(42)32-19-7-4-8-20-32;1-45(2)34-22-12-8-19-31(34)39-36(45)27-26-30-29-18-10-14-24-37(29)49(43(30)39)38-25-15-11-21-33(38)44-47-41(28-16-6-5-7-17-28)40-42(48-44)32-20-9-13-23-35(32)46(40,3)4;1-43(2)32-20-10-6-17-29(32)40-38(43)39(26-14-4-3-5-15-26)44-42(45-40)30-18-8-12-22-34(30)46-33-21-11-7-16-27(33)28-24-25-36-37(41(28)46)31-19-9-13-23-35(31)47-36/h3-30H,1-2H3;5-27H,1-4H3;3-25H,1-2H3. The van der Waals surface area contributed by atoms with Gasteiger partial charge in [-0.1, -0.05) is 413 Å². The van der Waals surface area contributed by atoms with Crippen LogP contribution in [0.1, 0.15) is 99.9 Å². The molecular weight excluding hydrogens is 1830 g/mol. The van der Waals surface area contributed by atoms with Crippen LogP contribution >= 0.6 is 11.3 Å². The molecule has 31 rings (SSSR count). The van der Waals surface area contributed by atoms with Gasteiger partial charge in [0, 0.05) is 163 Å². The fourth-order valence-electron chi connectivity index (χ4n) is 25.8. The fourth-order valence-corrected chi connectivity index (χ4v) is 26.9. The highest BCUT2D eigenvalue weighted by Gasteiger charge is 2.45. The van der Waals surface area contributed by atoms with Crippen LogP contribution in [0.2, 0.25) is 0 Å². The van der Waals surface area contributed by atoms with Gasteiger partial charge in [-0.25, -0.2) is 29.9 Å². The summed E-state index contributed by atoms with van der Waals surface area (Å²) in [6.07, 6.45) is 0. The van der Waals surface area contributed by atoms with E-state index in [4.69, 9.17) is 29.9 Å². The molecule has 11 heteroatoms. The minimum Gasteiger partial charge on any atom is -0.309 e. The van der Waals surface area contributed by atoms with Crippen LogP contribution in [0.3, 0.4) is 0 Å². The molecule has 149 heavy (non-hydrogen) atoms. The molecule has 8 heterocycles. The van der Waals surface area contributed by atoms with Crippen LogP contribution in [0.4, 0.5) is 0 Å². The van der Waals surface area contributed by atoms with E-state index in [1.807, 2.05) is 11.3 Å². The molecule has 0 radical (unpaired) electrons. The third-order valence-electron chi connectivity index (χ3n) is 32.5. The number of thiophene rings is 1. The molecule has 706 valence electrons. The zero-order chi connectivity index (χ0) is 99.6. The van der Waals surface area contributed by atoms with Crippen molar-refractivity contribution in [1.82, 2.24) is 48.2 Å². The van der Waals surface area contributed by atoms with Crippen LogP contribution < -0.4 is 0 Å². The summed E-state index contributed by atoms with van der Waals surface area (Å²) in [7, 11) is 0. The molecule has 0 saturated carbocycles. The number of hydrogen-bond acceptors (Lipinski definition) is 7. The SMILES string of the molecule is CC1(C)c2ccccc2-c2c1ccc1c3ccccc3n(-c3ccccc3-c3nc(-c4ccccc4)c4c(n3)-c3ccccc3C4(C)C)c21.CC1(C)c2ccccc2-c2nc(-c3ccccc3-n3c4ccccc4c4ccc5c(c6ccccc6n5-c5ccccc5)c43)nc(-c3ccccc3)c21.CC1(C)c2ccccc2-c2nc(-c3ccccc3-n3c4ccccc4c4ccc5sc6ccccc6c5c43)nc(-c3ccccc3)c21. The van der Waals surface area contributed by atoms with Crippen molar-refractivity contribution in [3.05, 3.63) is 493 Å². The second-order valence-electron chi connectivity index (χ2n) is 42.1. The van der Waals surface area contributed by atoms with Crippen molar-refractivity contribution >= 4 is 119 Å². The zero-order valence-corrected chi connectivity index (χ0v) is 84.4. The van der Waals surface area contributed by atoms with E-state index in [0.717, 1.165) is 113 Å². The molecule has 10 nitrogen and oxygen atoms in total. The first-order valence-corrected chi connectivity index (χ1v) is 52.4. The van der Waals surface area contributed by atoms with Gasteiger partial charge in [0.05, 0.1) is 95.4 Å². The fraction of sp³-hybridized carbons (Fsp3) is 0.0870. The molecule has 4 aliphatic rings. The van der Waals surface area contributed by atoms with Gasteiger partial charge in [0.15, 0.2) is 17.5 Å². The molecule has 0 atom stereocenters. The molecule has 0 fully saturated rings. The van der Waals surface area contributed by atoms with Crippen LogP contribution in [0.25, 0.3) is 243 Å². The van der Waals surface area contributed by atoms with Crippen LogP contribution in [-0.4, -0.2) is 48.2 Å². The number of hydrogen-bond donors (Lipinski definition) is 0. The first kappa shape index (κ1) is 87.4. The van der Waals surface area contributed by atoms with Gasteiger partial charge in [0.25, 0.3) is 0 Å². The second kappa shape index (κ2) is 33.2. The summed E-state index contributed by atoms with van der Waals surface area (Å²) in [5.74, 6) is 2.19. The maximum atomic E-state index is 5.52. The molecule has 8 aromatic heterocycles. The number of fused-ring (bicyclic) bond motifs is 30. The topological polar surface area (TPSA) is 97.1 Å². The Morgan fingerprint density at radius 1 is 0.188 bits per heavy atom. The predicted octanol–water partition coefficient (Wildman–Crippen LogP) is 35.4. The quantitative estimate of drug-likeness (QED) is 0.135. The number of aromatic nitrogens is 10.